The van der Waals surface area contributed by atoms with Gasteiger partial charge in [0.25, 0.3) is 10.0 Å². The van der Waals surface area contributed by atoms with Crippen molar-refractivity contribution in [3.05, 3.63) is 83.2 Å². The molecule has 0 atom stereocenters. The molecule has 1 aliphatic heterocycles. The van der Waals surface area contributed by atoms with E-state index in [1.54, 1.807) is 12.1 Å². The number of nitrogens with one attached hydrogen (secondary N) is 1. The maximum Gasteiger partial charge on any atom is 0.340 e. The number of hydrogen-bond acceptors (Lipinski definition) is 7. The molecular weight excluding hydrogens is 453 g/mol. The minimum atomic E-state index is -3.98. The van der Waals surface area contributed by atoms with E-state index in [9.17, 15) is 17.6 Å². The van der Waals surface area contributed by atoms with Crippen molar-refractivity contribution in [2.24, 2.45) is 0 Å². The molecule has 1 aliphatic rings. The number of methoxy groups -OCH3 is 1. The van der Waals surface area contributed by atoms with Crippen LogP contribution in [0.5, 0.6) is 11.5 Å². The van der Waals surface area contributed by atoms with E-state index in [2.05, 4.69) is 4.72 Å². The second-order valence-corrected chi connectivity index (χ2v) is 8.75. The summed E-state index contributed by atoms with van der Waals surface area (Å²) in [6.45, 7) is -0.0714. The largest absolute Gasteiger partial charge is 0.497 e. The second-order valence-electron chi connectivity index (χ2n) is 7.07. The summed E-state index contributed by atoms with van der Waals surface area (Å²) in [5.74, 6) is -0.383. The van der Waals surface area contributed by atoms with Gasteiger partial charge in [-0.05, 0) is 48.5 Å². The number of carbonyl (C=O) groups is 1. The fraction of sp³-hybridized carbons (Fsp3) is 0.174. The quantitative estimate of drug-likeness (QED) is 0.520. The number of sulfonamides is 1. The van der Waals surface area contributed by atoms with E-state index in [1.165, 1.54) is 55.6 Å². The third-order valence-corrected chi connectivity index (χ3v) is 6.25. The van der Waals surface area contributed by atoms with Gasteiger partial charge in [-0.1, -0.05) is 12.1 Å². The Labute approximate surface area is 189 Å². The molecule has 8 nitrogen and oxygen atoms in total. The van der Waals surface area contributed by atoms with Gasteiger partial charge >= 0.3 is 5.97 Å². The third kappa shape index (κ3) is 5.07. The minimum absolute atomic E-state index is 0.00257. The SMILES string of the molecule is COc1ccc(S(=O)(=O)Nc2ccccc2C(=O)OCc2cc(F)cc3c2OCOC3)cc1. The van der Waals surface area contributed by atoms with Crippen molar-refractivity contribution in [3.63, 3.8) is 0 Å². The first kappa shape index (κ1) is 22.6. The van der Waals surface area contributed by atoms with Crippen molar-refractivity contribution >= 4 is 21.7 Å². The molecule has 1 heterocycles. The van der Waals surface area contributed by atoms with Gasteiger partial charge in [0.15, 0.2) is 6.79 Å². The Morgan fingerprint density at radius 2 is 1.88 bits per heavy atom. The molecule has 0 saturated carbocycles. The van der Waals surface area contributed by atoms with Crippen LogP contribution in [0.2, 0.25) is 0 Å². The summed E-state index contributed by atoms with van der Waals surface area (Å²) in [6.07, 6.45) is 0. The Hall–Kier alpha value is -3.63. The fourth-order valence-corrected chi connectivity index (χ4v) is 4.37. The molecule has 0 fully saturated rings. The first-order valence-corrected chi connectivity index (χ1v) is 11.3. The molecule has 0 aliphatic carbocycles. The van der Waals surface area contributed by atoms with Gasteiger partial charge in [0.05, 0.1) is 29.9 Å². The van der Waals surface area contributed by atoms with Gasteiger partial charge in [-0.15, -0.1) is 0 Å². The van der Waals surface area contributed by atoms with Gasteiger partial charge in [-0.2, -0.15) is 0 Å². The molecule has 0 radical (unpaired) electrons. The lowest BCUT2D eigenvalue weighted by Crippen LogP contribution is -2.17. The lowest BCUT2D eigenvalue weighted by atomic mass is 10.1. The number of para-hydroxylation sites is 1. The maximum atomic E-state index is 13.9. The van der Waals surface area contributed by atoms with E-state index in [4.69, 9.17) is 18.9 Å². The number of halogens is 1. The average Bonchev–Trinajstić information content (AvgIpc) is 2.82. The van der Waals surface area contributed by atoms with Crippen LogP contribution in [0, 0.1) is 5.82 Å². The molecule has 33 heavy (non-hydrogen) atoms. The van der Waals surface area contributed by atoms with Gasteiger partial charge in [-0.3, -0.25) is 4.72 Å². The van der Waals surface area contributed by atoms with Crippen LogP contribution in [-0.4, -0.2) is 28.3 Å². The van der Waals surface area contributed by atoms with E-state index in [0.29, 0.717) is 22.6 Å². The molecule has 10 heteroatoms. The summed E-state index contributed by atoms with van der Waals surface area (Å²) in [5, 5.41) is 0. The average molecular weight is 473 g/mol. The molecule has 0 amide bonds. The summed E-state index contributed by atoms with van der Waals surface area (Å²) in [5.41, 5.74) is 0.909. The van der Waals surface area contributed by atoms with Gasteiger partial charge in [0.1, 0.15) is 23.9 Å². The molecule has 1 N–H and O–H groups in total. The molecule has 0 unspecified atom stereocenters. The van der Waals surface area contributed by atoms with Crippen molar-refractivity contribution in [2.75, 3.05) is 18.6 Å². The highest BCUT2D eigenvalue weighted by Crippen LogP contribution is 2.30. The zero-order valence-electron chi connectivity index (χ0n) is 17.5. The first-order chi connectivity index (χ1) is 15.9. The smallest absolute Gasteiger partial charge is 0.340 e. The molecule has 0 bridgehead atoms. The van der Waals surface area contributed by atoms with Gasteiger partial charge in [0, 0.05) is 11.1 Å². The van der Waals surface area contributed by atoms with E-state index in [-0.39, 0.29) is 36.2 Å². The summed E-state index contributed by atoms with van der Waals surface area (Å²) >= 11 is 0. The summed E-state index contributed by atoms with van der Waals surface area (Å²) in [7, 11) is -2.50. The number of ether oxygens (including phenoxy) is 4. The van der Waals surface area contributed by atoms with Crippen LogP contribution in [0.4, 0.5) is 10.1 Å². The Morgan fingerprint density at radius 3 is 2.64 bits per heavy atom. The number of rotatable bonds is 7. The maximum absolute atomic E-state index is 13.9. The zero-order chi connectivity index (χ0) is 23.4. The van der Waals surface area contributed by atoms with Crippen molar-refractivity contribution in [3.8, 4) is 11.5 Å². The lowest BCUT2D eigenvalue weighted by Gasteiger charge is -2.21. The summed E-state index contributed by atoms with van der Waals surface area (Å²) in [4.78, 5) is 12.8. The van der Waals surface area contributed by atoms with Gasteiger partial charge < -0.3 is 18.9 Å². The Bertz CT molecular complexity index is 1280. The van der Waals surface area contributed by atoms with Crippen LogP contribution in [0.15, 0.2) is 65.6 Å². The van der Waals surface area contributed by atoms with Crippen LogP contribution in [0.3, 0.4) is 0 Å². The van der Waals surface area contributed by atoms with Crippen molar-refractivity contribution < 1.29 is 36.6 Å². The Morgan fingerprint density at radius 1 is 1.12 bits per heavy atom. The van der Waals surface area contributed by atoms with Gasteiger partial charge in [0.2, 0.25) is 0 Å². The fourth-order valence-electron chi connectivity index (χ4n) is 3.29. The highest BCUT2D eigenvalue weighted by Gasteiger charge is 2.22. The van der Waals surface area contributed by atoms with Crippen LogP contribution >= 0.6 is 0 Å². The predicted molar refractivity (Wildman–Crippen MR) is 116 cm³/mol. The number of carbonyl (C=O) groups excluding carboxylic acids is 1. The highest BCUT2D eigenvalue weighted by atomic mass is 32.2. The van der Waals surface area contributed by atoms with Crippen molar-refractivity contribution in [1.82, 2.24) is 0 Å². The molecule has 172 valence electrons. The van der Waals surface area contributed by atoms with E-state index >= 15 is 0 Å². The zero-order valence-corrected chi connectivity index (χ0v) is 18.4. The van der Waals surface area contributed by atoms with Crippen LogP contribution in [0.25, 0.3) is 0 Å². The standard InChI is InChI=1S/C23H20FNO7S/c1-29-18-6-8-19(9-7-18)33(27,28)25-21-5-3-2-4-20(21)23(26)31-13-16-11-17(24)10-15-12-30-14-32-22(15)16/h2-11,25H,12-14H2,1H3. The third-order valence-electron chi connectivity index (χ3n) is 4.87. The van der Waals surface area contributed by atoms with Crippen LogP contribution in [-0.2, 0) is 32.7 Å². The van der Waals surface area contributed by atoms with Gasteiger partial charge in [-0.25, -0.2) is 17.6 Å². The van der Waals surface area contributed by atoms with Crippen molar-refractivity contribution in [2.45, 2.75) is 18.1 Å². The number of hydrogen-bond donors (Lipinski definition) is 1. The lowest BCUT2D eigenvalue weighted by molar-refractivity contribution is -0.0182. The number of anilines is 1. The summed E-state index contributed by atoms with van der Waals surface area (Å²) < 4.78 is 62.8. The monoisotopic (exact) mass is 473 g/mol. The molecule has 0 aromatic heterocycles. The first-order valence-electron chi connectivity index (χ1n) is 9.82. The molecule has 0 spiro atoms. The molecule has 4 rings (SSSR count). The highest BCUT2D eigenvalue weighted by molar-refractivity contribution is 7.92. The Kier molecular flexibility index (Phi) is 6.47. The number of fused-ring (bicyclic) bond motifs is 1. The topological polar surface area (TPSA) is 100 Å². The minimum Gasteiger partial charge on any atom is -0.497 e. The van der Waals surface area contributed by atoms with E-state index in [1.807, 2.05) is 0 Å². The molecule has 0 saturated heterocycles. The van der Waals surface area contributed by atoms with Crippen LogP contribution in [0.1, 0.15) is 21.5 Å². The Balaban J connectivity index is 1.53. The number of benzene rings is 3. The molecule has 3 aromatic carbocycles. The molecule has 3 aromatic rings. The predicted octanol–water partition coefficient (Wildman–Crippen LogP) is 3.86. The molecular formula is C23H20FNO7S. The van der Waals surface area contributed by atoms with E-state index < -0.39 is 21.8 Å². The van der Waals surface area contributed by atoms with Crippen LogP contribution < -0.4 is 14.2 Å². The van der Waals surface area contributed by atoms with E-state index in [0.717, 1.165) is 0 Å². The normalized spacial score (nSPS) is 12.9. The number of esters is 1. The summed E-state index contributed by atoms with van der Waals surface area (Å²) in [6, 6.07) is 14.4. The van der Waals surface area contributed by atoms with Crippen molar-refractivity contribution in [1.29, 1.82) is 0 Å². The second kappa shape index (κ2) is 9.47.